The molecule has 0 aliphatic carbocycles. The molecule has 4 rings (SSSR count). The van der Waals surface area contributed by atoms with Crippen molar-refractivity contribution in [2.24, 2.45) is 0 Å². The molecule has 1 amide bonds. The number of nitrogens with one attached hydrogen (secondary N) is 1. The van der Waals surface area contributed by atoms with Crippen molar-refractivity contribution in [2.75, 3.05) is 0 Å². The third-order valence-electron chi connectivity index (χ3n) is 5.39. The Morgan fingerprint density at radius 3 is 2.50 bits per heavy atom. The summed E-state index contributed by atoms with van der Waals surface area (Å²) in [6.45, 7) is 6.70. The van der Waals surface area contributed by atoms with Crippen LogP contribution in [0.1, 0.15) is 27.9 Å². The van der Waals surface area contributed by atoms with Crippen molar-refractivity contribution in [2.45, 2.75) is 33.7 Å². The fourth-order valence-corrected chi connectivity index (χ4v) is 3.63. The van der Waals surface area contributed by atoms with Gasteiger partial charge in [0.05, 0.1) is 17.8 Å². The molecule has 0 fully saturated rings. The number of hydrogen-bond acceptors (Lipinski definition) is 2. The lowest BCUT2D eigenvalue weighted by Gasteiger charge is -2.09. The number of carbonyl (C=O) groups is 1. The summed E-state index contributed by atoms with van der Waals surface area (Å²) in [4.78, 5) is 17.7. The molecular formula is C25H24ClN3O. The number of benzene rings is 2. The average molecular weight is 418 g/mol. The van der Waals surface area contributed by atoms with Crippen molar-refractivity contribution >= 4 is 23.2 Å². The van der Waals surface area contributed by atoms with Crippen LogP contribution in [-0.4, -0.2) is 15.3 Å². The van der Waals surface area contributed by atoms with Gasteiger partial charge < -0.3 is 9.72 Å². The summed E-state index contributed by atoms with van der Waals surface area (Å²) in [5.74, 6) is -0.0441. The van der Waals surface area contributed by atoms with E-state index in [0.29, 0.717) is 11.6 Å². The van der Waals surface area contributed by atoms with E-state index in [2.05, 4.69) is 37.4 Å². The Kier molecular flexibility index (Phi) is 5.60. The van der Waals surface area contributed by atoms with E-state index in [4.69, 9.17) is 16.6 Å². The smallest absolute Gasteiger partial charge is 0.226 e. The second-order valence-corrected chi connectivity index (χ2v) is 8.15. The number of aromatic nitrogens is 2. The first-order chi connectivity index (χ1) is 14.4. The average Bonchev–Trinajstić information content (AvgIpc) is 3.07. The zero-order valence-corrected chi connectivity index (χ0v) is 18.1. The van der Waals surface area contributed by atoms with Gasteiger partial charge in [-0.25, -0.2) is 4.98 Å². The van der Waals surface area contributed by atoms with Gasteiger partial charge in [0.2, 0.25) is 5.91 Å². The van der Waals surface area contributed by atoms with E-state index >= 15 is 0 Å². The van der Waals surface area contributed by atoms with E-state index < -0.39 is 0 Å². The topological polar surface area (TPSA) is 46.4 Å². The first-order valence-corrected chi connectivity index (χ1v) is 10.3. The molecule has 4 aromatic rings. The quantitative estimate of drug-likeness (QED) is 0.470. The lowest BCUT2D eigenvalue weighted by atomic mass is 10.0. The van der Waals surface area contributed by atoms with Crippen molar-refractivity contribution in [3.05, 3.63) is 93.8 Å². The Bertz CT molecular complexity index is 1230. The highest BCUT2D eigenvalue weighted by Crippen LogP contribution is 2.27. The molecule has 0 atom stereocenters. The predicted octanol–water partition coefficient (Wildman–Crippen LogP) is 5.44. The fraction of sp³-hybridized carbons (Fsp3) is 0.200. The third-order valence-corrected chi connectivity index (χ3v) is 5.64. The Hall–Kier alpha value is -3.11. The Balaban J connectivity index is 1.65. The highest BCUT2D eigenvalue weighted by atomic mass is 35.5. The second-order valence-electron chi connectivity index (χ2n) is 7.72. The first kappa shape index (κ1) is 20.2. The number of aryl methyl sites for hydroxylation is 3. The SMILES string of the molecule is Cc1ccn2c(CC(=O)NCc3ccc(Cl)cc3)c(-c3ccc(C)c(C)c3)nc2c1. The van der Waals surface area contributed by atoms with Crippen LogP contribution >= 0.6 is 11.6 Å². The van der Waals surface area contributed by atoms with Crippen molar-refractivity contribution in [1.82, 2.24) is 14.7 Å². The zero-order chi connectivity index (χ0) is 21.3. The number of nitrogens with zero attached hydrogens (tertiary/aromatic N) is 2. The molecule has 0 aliphatic rings. The largest absolute Gasteiger partial charge is 0.352 e. The molecule has 0 saturated heterocycles. The molecule has 2 aromatic carbocycles. The van der Waals surface area contributed by atoms with Crippen LogP contribution in [0.15, 0.2) is 60.8 Å². The molecular weight excluding hydrogens is 394 g/mol. The standard InChI is InChI=1S/C25H24ClN3O/c1-16-10-11-29-22(14-24(30)27-15-19-5-8-21(26)9-6-19)25(28-23(29)12-16)20-7-4-17(2)18(3)13-20/h4-13H,14-15H2,1-3H3,(H,27,30). The minimum absolute atomic E-state index is 0.0441. The van der Waals surface area contributed by atoms with Crippen LogP contribution in [0.5, 0.6) is 0 Å². The maximum absolute atomic E-state index is 12.8. The number of carbonyl (C=O) groups excluding carboxylic acids is 1. The molecule has 30 heavy (non-hydrogen) atoms. The summed E-state index contributed by atoms with van der Waals surface area (Å²) in [6.07, 6.45) is 2.24. The number of pyridine rings is 1. The van der Waals surface area contributed by atoms with Gasteiger partial charge in [-0.05, 0) is 73.4 Å². The molecule has 0 unspecified atom stereocenters. The summed E-state index contributed by atoms with van der Waals surface area (Å²) < 4.78 is 2.01. The lowest BCUT2D eigenvalue weighted by molar-refractivity contribution is -0.120. The van der Waals surface area contributed by atoms with Crippen LogP contribution in [-0.2, 0) is 17.8 Å². The van der Waals surface area contributed by atoms with Crippen LogP contribution in [0.25, 0.3) is 16.9 Å². The van der Waals surface area contributed by atoms with Gasteiger partial charge in [0.15, 0.2) is 0 Å². The van der Waals surface area contributed by atoms with E-state index in [0.717, 1.165) is 33.7 Å². The second kappa shape index (κ2) is 8.33. The van der Waals surface area contributed by atoms with Crippen LogP contribution in [0.2, 0.25) is 5.02 Å². The third kappa shape index (κ3) is 4.24. The van der Waals surface area contributed by atoms with Gasteiger partial charge in [0.1, 0.15) is 5.65 Å². The van der Waals surface area contributed by atoms with Crippen LogP contribution in [0.4, 0.5) is 0 Å². The fourth-order valence-electron chi connectivity index (χ4n) is 3.50. The number of amides is 1. The number of halogens is 1. The van der Waals surface area contributed by atoms with Gasteiger partial charge >= 0.3 is 0 Å². The normalized spacial score (nSPS) is 11.1. The van der Waals surface area contributed by atoms with Crippen molar-refractivity contribution in [1.29, 1.82) is 0 Å². The van der Waals surface area contributed by atoms with E-state index in [1.165, 1.54) is 11.1 Å². The van der Waals surface area contributed by atoms with Gasteiger partial charge in [-0.1, -0.05) is 35.9 Å². The number of fused-ring (bicyclic) bond motifs is 1. The minimum atomic E-state index is -0.0441. The number of imidazole rings is 1. The van der Waals surface area contributed by atoms with E-state index in [9.17, 15) is 4.79 Å². The maximum atomic E-state index is 12.8. The van der Waals surface area contributed by atoms with Crippen LogP contribution in [0.3, 0.4) is 0 Å². The molecule has 0 bridgehead atoms. The number of rotatable bonds is 5. The summed E-state index contributed by atoms with van der Waals surface area (Å²) in [7, 11) is 0. The molecule has 0 aliphatic heterocycles. The predicted molar refractivity (Wildman–Crippen MR) is 122 cm³/mol. The van der Waals surface area contributed by atoms with E-state index in [-0.39, 0.29) is 12.3 Å². The molecule has 0 spiro atoms. The van der Waals surface area contributed by atoms with Crippen LogP contribution < -0.4 is 5.32 Å². The minimum Gasteiger partial charge on any atom is -0.352 e. The molecule has 5 heteroatoms. The maximum Gasteiger partial charge on any atom is 0.226 e. The summed E-state index contributed by atoms with van der Waals surface area (Å²) in [5, 5.41) is 3.69. The van der Waals surface area contributed by atoms with Gasteiger partial charge in [-0.2, -0.15) is 0 Å². The van der Waals surface area contributed by atoms with Gasteiger partial charge in [0, 0.05) is 23.3 Å². The van der Waals surface area contributed by atoms with Gasteiger partial charge in [0.25, 0.3) is 0 Å². The van der Waals surface area contributed by atoms with E-state index in [1.807, 2.05) is 53.9 Å². The number of hydrogen-bond donors (Lipinski definition) is 1. The molecule has 2 aromatic heterocycles. The molecule has 2 heterocycles. The Morgan fingerprint density at radius 1 is 1.00 bits per heavy atom. The highest BCUT2D eigenvalue weighted by Gasteiger charge is 2.17. The van der Waals surface area contributed by atoms with Crippen molar-refractivity contribution in [3.63, 3.8) is 0 Å². The van der Waals surface area contributed by atoms with E-state index in [1.54, 1.807) is 0 Å². The zero-order valence-electron chi connectivity index (χ0n) is 17.4. The molecule has 1 N–H and O–H groups in total. The summed E-state index contributed by atoms with van der Waals surface area (Å²) in [5.41, 5.74) is 8.21. The Labute approximate surface area is 181 Å². The lowest BCUT2D eigenvalue weighted by Crippen LogP contribution is -2.25. The molecule has 152 valence electrons. The highest BCUT2D eigenvalue weighted by molar-refractivity contribution is 6.30. The molecule has 0 saturated carbocycles. The van der Waals surface area contributed by atoms with Gasteiger partial charge in [-0.3, -0.25) is 4.79 Å². The van der Waals surface area contributed by atoms with Gasteiger partial charge in [-0.15, -0.1) is 0 Å². The molecule has 0 radical (unpaired) electrons. The Morgan fingerprint density at radius 2 is 1.77 bits per heavy atom. The van der Waals surface area contributed by atoms with Crippen molar-refractivity contribution in [3.8, 4) is 11.3 Å². The summed E-state index contributed by atoms with van der Waals surface area (Å²) in [6, 6.07) is 17.9. The monoisotopic (exact) mass is 417 g/mol. The molecule has 4 nitrogen and oxygen atoms in total. The summed E-state index contributed by atoms with van der Waals surface area (Å²) >= 11 is 5.94. The van der Waals surface area contributed by atoms with Crippen molar-refractivity contribution < 1.29 is 4.79 Å². The first-order valence-electron chi connectivity index (χ1n) is 9.97. The van der Waals surface area contributed by atoms with Crippen LogP contribution in [0, 0.1) is 20.8 Å².